The summed E-state index contributed by atoms with van der Waals surface area (Å²) < 4.78 is 0. The van der Waals surface area contributed by atoms with Gasteiger partial charge in [-0.2, -0.15) is 0 Å². The van der Waals surface area contributed by atoms with Crippen LogP contribution in [0.15, 0.2) is 24.3 Å². The highest BCUT2D eigenvalue weighted by atomic mass is 15.2. The molecule has 2 N–H and O–H groups in total. The number of nitrogens with zero attached hydrogens (tertiary/aromatic N) is 1. The van der Waals surface area contributed by atoms with Crippen LogP contribution in [0.4, 0.5) is 5.69 Å². The molecule has 0 spiro atoms. The topological polar surface area (TPSA) is 29.3 Å². The lowest BCUT2D eigenvalue weighted by molar-refractivity contribution is 0.422. The molecule has 1 aromatic carbocycles. The van der Waals surface area contributed by atoms with Gasteiger partial charge in [0, 0.05) is 18.3 Å². The van der Waals surface area contributed by atoms with Crippen molar-refractivity contribution in [2.24, 2.45) is 11.7 Å². The Kier molecular flexibility index (Phi) is 5.90. The summed E-state index contributed by atoms with van der Waals surface area (Å²) in [4.78, 5) is 2.62. The summed E-state index contributed by atoms with van der Waals surface area (Å²) in [7, 11) is 0. The van der Waals surface area contributed by atoms with Crippen LogP contribution in [-0.2, 0) is 6.42 Å². The Balaban J connectivity index is 1.92. The minimum Gasteiger partial charge on any atom is -0.369 e. The Bertz CT molecular complexity index is 402. The number of anilines is 1. The summed E-state index contributed by atoms with van der Waals surface area (Å²) in [5, 5.41) is 0. The minimum atomic E-state index is 0.680. The minimum absolute atomic E-state index is 0.680. The van der Waals surface area contributed by atoms with Gasteiger partial charge < -0.3 is 10.6 Å². The molecule has 0 amide bonds. The molecule has 2 atom stereocenters. The Labute approximate surface area is 124 Å². The van der Waals surface area contributed by atoms with Crippen molar-refractivity contribution in [2.45, 2.75) is 58.4 Å². The number of fused-ring (bicyclic) bond motifs is 1. The van der Waals surface area contributed by atoms with E-state index in [0.717, 1.165) is 12.5 Å². The van der Waals surface area contributed by atoms with Crippen LogP contribution in [0, 0.1) is 5.92 Å². The van der Waals surface area contributed by atoms with E-state index in [-0.39, 0.29) is 0 Å². The van der Waals surface area contributed by atoms with E-state index >= 15 is 0 Å². The van der Waals surface area contributed by atoms with Crippen molar-refractivity contribution in [3.8, 4) is 0 Å². The Morgan fingerprint density at radius 1 is 1.30 bits per heavy atom. The van der Waals surface area contributed by atoms with E-state index in [2.05, 4.69) is 43.0 Å². The number of benzene rings is 1. The van der Waals surface area contributed by atoms with Crippen molar-refractivity contribution in [1.82, 2.24) is 0 Å². The van der Waals surface area contributed by atoms with E-state index in [1.54, 1.807) is 0 Å². The molecular weight excluding hydrogens is 244 g/mol. The molecule has 2 unspecified atom stereocenters. The van der Waals surface area contributed by atoms with Gasteiger partial charge in [-0.05, 0) is 63.1 Å². The fourth-order valence-corrected chi connectivity index (χ4v) is 3.44. The van der Waals surface area contributed by atoms with Gasteiger partial charge in [0.2, 0.25) is 0 Å². The number of nitrogens with two attached hydrogens (primary N) is 1. The van der Waals surface area contributed by atoms with Crippen LogP contribution >= 0.6 is 0 Å². The first-order valence-corrected chi connectivity index (χ1v) is 8.30. The molecule has 1 aliphatic rings. The maximum Gasteiger partial charge on any atom is 0.0401 e. The predicted octanol–water partition coefficient (Wildman–Crippen LogP) is 3.98. The van der Waals surface area contributed by atoms with E-state index in [1.807, 2.05) is 0 Å². The molecule has 0 fully saturated rings. The third kappa shape index (κ3) is 3.76. The Morgan fingerprint density at radius 2 is 2.10 bits per heavy atom. The Morgan fingerprint density at radius 3 is 2.85 bits per heavy atom. The average molecular weight is 274 g/mol. The van der Waals surface area contributed by atoms with Crippen LogP contribution < -0.4 is 10.6 Å². The molecule has 0 bridgehead atoms. The van der Waals surface area contributed by atoms with E-state index in [9.17, 15) is 0 Å². The lowest BCUT2D eigenvalue weighted by atomic mass is 9.94. The van der Waals surface area contributed by atoms with Crippen LogP contribution in [0.3, 0.4) is 0 Å². The zero-order valence-electron chi connectivity index (χ0n) is 13.1. The highest BCUT2D eigenvalue weighted by Crippen LogP contribution is 2.30. The molecule has 1 aliphatic heterocycles. The molecule has 1 heterocycles. The largest absolute Gasteiger partial charge is 0.369 e. The Hall–Kier alpha value is -1.02. The summed E-state index contributed by atoms with van der Waals surface area (Å²) >= 11 is 0. The quantitative estimate of drug-likeness (QED) is 0.815. The van der Waals surface area contributed by atoms with Crippen LogP contribution in [0.5, 0.6) is 0 Å². The molecule has 2 rings (SSSR count). The summed E-state index contributed by atoms with van der Waals surface area (Å²) in [6, 6.07) is 9.60. The predicted molar refractivity (Wildman–Crippen MR) is 88.3 cm³/mol. The molecule has 0 radical (unpaired) electrons. The van der Waals surface area contributed by atoms with E-state index < -0.39 is 0 Å². The van der Waals surface area contributed by atoms with Gasteiger partial charge in [0.1, 0.15) is 0 Å². The van der Waals surface area contributed by atoms with Gasteiger partial charge in [0.05, 0.1) is 0 Å². The van der Waals surface area contributed by atoms with Gasteiger partial charge in [0.25, 0.3) is 0 Å². The third-order valence-corrected chi connectivity index (χ3v) is 4.83. The van der Waals surface area contributed by atoms with Gasteiger partial charge in [-0.25, -0.2) is 0 Å². The summed E-state index contributed by atoms with van der Waals surface area (Å²) in [5.41, 5.74) is 8.69. The molecule has 0 saturated carbocycles. The van der Waals surface area contributed by atoms with Crippen molar-refractivity contribution in [1.29, 1.82) is 0 Å². The first-order valence-electron chi connectivity index (χ1n) is 8.30. The summed E-state index contributed by atoms with van der Waals surface area (Å²) in [6.07, 6.45) is 7.58. The van der Waals surface area contributed by atoms with Crippen molar-refractivity contribution >= 4 is 5.69 Å². The number of hydrogen-bond acceptors (Lipinski definition) is 2. The molecule has 2 heteroatoms. The average Bonchev–Trinajstić information content (AvgIpc) is 2.48. The maximum absolute atomic E-state index is 5.69. The zero-order valence-corrected chi connectivity index (χ0v) is 13.1. The number of rotatable bonds is 7. The fourth-order valence-electron chi connectivity index (χ4n) is 3.44. The third-order valence-electron chi connectivity index (χ3n) is 4.83. The lowest BCUT2D eigenvalue weighted by Crippen LogP contribution is -2.38. The molecule has 1 aromatic rings. The smallest absolute Gasteiger partial charge is 0.0401 e. The van der Waals surface area contributed by atoms with Gasteiger partial charge >= 0.3 is 0 Å². The fraction of sp³-hybridized carbons (Fsp3) is 0.667. The highest BCUT2D eigenvalue weighted by molar-refractivity contribution is 5.56. The standard InChI is InChI=1S/C18H30N2/c1-3-16(12-13-19)7-6-14-20-15(2)10-11-17-8-4-5-9-18(17)20/h4-5,8-9,15-16H,3,6-7,10-14,19H2,1-2H3. The second-order valence-electron chi connectivity index (χ2n) is 6.20. The zero-order chi connectivity index (χ0) is 14.4. The van der Waals surface area contributed by atoms with E-state index in [0.29, 0.717) is 6.04 Å². The molecule has 20 heavy (non-hydrogen) atoms. The summed E-state index contributed by atoms with van der Waals surface area (Å²) in [6.45, 7) is 6.69. The first-order chi connectivity index (χ1) is 9.76. The summed E-state index contributed by atoms with van der Waals surface area (Å²) in [5.74, 6) is 0.815. The van der Waals surface area contributed by atoms with E-state index in [1.165, 1.54) is 56.3 Å². The molecule has 112 valence electrons. The number of hydrogen-bond donors (Lipinski definition) is 1. The molecule has 0 aliphatic carbocycles. The van der Waals surface area contributed by atoms with E-state index in [4.69, 9.17) is 5.73 Å². The van der Waals surface area contributed by atoms with Gasteiger partial charge in [-0.15, -0.1) is 0 Å². The van der Waals surface area contributed by atoms with Crippen LogP contribution in [0.1, 0.15) is 51.5 Å². The SMILES string of the molecule is CCC(CCN)CCCN1c2ccccc2CCC1C. The number of para-hydroxylation sites is 1. The van der Waals surface area contributed by atoms with Crippen molar-refractivity contribution in [3.63, 3.8) is 0 Å². The second-order valence-corrected chi connectivity index (χ2v) is 6.20. The van der Waals surface area contributed by atoms with Crippen LogP contribution in [-0.4, -0.2) is 19.1 Å². The van der Waals surface area contributed by atoms with Gasteiger partial charge in [-0.1, -0.05) is 31.5 Å². The normalized spacial score (nSPS) is 19.8. The van der Waals surface area contributed by atoms with Crippen LogP contribution in [0.2, 0.25) is 0 Å². The van der Waals surface area contributed by atoms with Crippen LogP contribution in [0.25, 0.3) is 0 Å². The molecular formula is C18H30N2. The highest BCUT2D eigenvalue weighted by Gasteiger charge is 2.22. The number of aryl methyl sites for hydroxylation is 1. The first kappa shape index (κ1) is 15.4. The molecule has 0 aromatic heterocycles. The lowest BCUT2D eigenvalue weighted by Gasteiger charge is -2.37. The van der Waals surface area contributed by atoms with Gasteiger partial charge in [-0.3, -0.25) is 0 Å². The van der Waals surface area contributed by atoms with Crippen molar-refractivity contribution in [2.75, 3.05) is 18.0 Å². The molecule has 2 nitrogen and oxygen atoms in total. The van der Waals surface area contributed by atoms with Crippen molar-refractivity contribution in [3.05, 3.63) is 29.8 Å². The van der Waals surface area contributed by atoms with Crippen molar-refractivity contribution < 1.29 is 0 Å². The monoisotopic (exact) mass is 274 g/mol. The molecule has 0 saturated heterocycles. The maximum atomic E-state index is 5.69. The second kappa shape index (κ2) is 7.68. The van der Waals surface area contributed by atoms with Gasteiger partial charge in [0.15, 0.2) is 0 Å².